The van der Waals surface area contributed by atoms with Crippen LogP contribution in [0.1, 0.15) is 32.6 Å². The molecule has 6 heteroatoms. The quantitative estimate of drug-likeness (QED) is 0.299. The molecule has 1 N–H and O–H groups in total. The minimum absolute atomic E-state index is 0.0199. The minimum Gasteiger partial charge on any atom is -0.463 e. The van der Waals surface area contributed by atoms with Gasteiger partial charge in [-0.15, -0.1) is 0 Å². The summed E-state index contributed by atoms with van der Waals surface area (Å²) in [4.78, 5) is 33.1. The lowest BCUT2D eigenvalue weighted by Gasteiger charge is -2.03. The number of aliphatic hydroxyl groups excluding tert-OH is 1. The highest BCUT2D eigenvalue weighted by Crippen LogP contribution is 2.04. The van der Waals surface area contributed by atoms with Gasteiger partial charge >= 0.3 is 17.9 Å². The van der Waals surface area contributed by atoms with Gasteiger partial charge in [0.15, 0.2) is 0 Å². The largest absolute Gasteiger partial charge is 0.463 e. The van der Waals surface area contributed by atoms with E-state index in [1.165, 1.54) is 6.92 Å². The molecule has 0 aromatic rings. The topological polar surface area (TPSA) is 89.9 Å². The SMILES string of the molecule is C=C(C)C(=O)OC(=O)CCCCC(=O)OCCO. The summed E-state index contributed by atoms with van der Waals surface area (Å²) in [6.45, 7) is 4.57. The first-order valence-corrected chi connectivity index (χ1v) is 5.64. The standard InChI is InChI=1S/C12H18O6/c1-9(2)12(16)18-11(15)6-4-3-5-10(14)17-8-7-13/h13H,1,3-8H2,2H3. The second-order valence-corrected chi connectivity index (χ2v) is 3.69. The summed E-state index contributed by atoms with van der Waals surface area (Å²) in [5.41, 5.74) is 0.163. The minimum atomic E-state index is -0.734. The zero-order chi connectivity index (χ0) is 14.0. The summed E-state index contributed by atoms with van der Waals surface area (Å²) in [5, 5.41) is 8.41. The average molecular weight is 258 g/mol. The van der Waals surface area contributed by atoms with Crippen molar-refractivity contribution in [2.24, 2.45) is 0 Å². The van der Waals surface area contributed by atoms with Gasteiger partial charge < -0.3 is 14.6 Å². The van der Waals surface area contributed by atoms with Crippen molar-refractivity contribution >= 4 is 17.9 Å². The van der Waals surface area contributed by atoms with Crippen LogP contribution in [0.2, 0.25) is 0 Å². The van der Waals surface area contributed by atoms with Crippen LogP contribution >= 0.6 is 0 Å². The molecule has 0 amide bonds. The zero-order valence-electron chi connectivity index (χ0n) is 10.4. The molecule has 0 unspecified atom stereocenters. The maximum Gasteiger partial charge on any atom is 0.340 e. The molecule has 0 spiro atoms. The Morgan fingerprint density at radius 2 is 1.67 bits per heavy atom. The van der Waals surface area contributed by atoms with Crippen LogP contribution in [0.4, 0.5) is 0 Å². The van der Waals surface area contributed by atoms with Crippen molar-refractivity contribution in [1.82, 2.24) is 0 Å². The van der Waals surface area contributed by atoms with Crippen molar-refractivity contribution in [3.05, 3.63) is 12.2 Å². The molecule has 0 saturated carbocycles. The van der Waals surface area contributed by atoms with Crippen molar-refractivity contribution in [3.8, 4) is 0 Å². The molecule has 0 aromatic carbocycles. The van der Waals surface area contributed by atoms with E-state index in [4.69, 9.17) is 5.11 Å². The van der Waals surface area contributed by atoms with Crippen LogP contribution in [-0.4, -0.2) is 36.2 Å². The van der Waals surface area contributed by atoms with E-state index in [9.17, 15) is 14.4 Å². The molecule has 0 aromatic heterocycles. The summed E-state index contributed by atoms with van der Waals surface area (Å²) in [6.07, 6.45) is 1.12. The van der Waals surface area contributed by atoms with E-state index in [1.807, 2.05) is 0 Å². The number of carbonyl (C=O) groups is 3. The van der Waals surface area contributed by atoms with E-state index in [0.717, 1.165) is 0 Å². The Bertz CT molecular complexity index is 321. The van der Waals surface area contributed by atoms with Crippen molar-refractivity contribution in [2.75, 3.05) is 13.2 Å². The maximum absolute atomic E-state index is 11.1. The molecule has 102 valence electrons. The fourth-order valence-electron chi connectivity index (χ4n) is 1.01. The smallest absolute Gasteiger partial charge is 0.340 e. The Kier molecular flexibility index (Phi) is 8.47. The Morgan fingerprint density at radius 3 is 2.17 bits per heavy atom. The van der Waals surface area contributed by atoms with Crippen molar-refractivity contribution in [2.45, 2.75) is 32.6 Å². The third-order valence-electron chi connectivity index (χ3n) is 1.92. The Hall–Kier alpha value is -1.69. The number of unbranched alkanes of at least 4 members (excludes halogenated alkanes) is 1. The molecule has 0 atom stereocenters. The highest BCUT2D eigenvalue weighted by Gasteiger charge is 2.11. The molecule has 6 nitrogen and oxygen atoms in total. The van der Waals surface area contributed by atoms with Gasteiger partial charge in [-0.25, -0.2) is 4.79 Å². The highest BCUT2D eigenvalue weighted by atomic mass is 16.6. The van der Waals surface area contributed by atoms with E-state index < -0.39 is 17.9 Å². The molecular formula is C12H18O6. The lowest BCUT2D eigenvalue weighted by molar-refractivity contribution is -0.157. The molecule has 0 rings (SSSR count). The lowest BCUT2D eigenvalue weighted by Crippen LogP contribution is -2.13. The third kappa shape index (κ3) is 8.46. The van der Waals surface area contributed by atoms with Gasteiger partial charge in [0, 0.05) is 18.4 Å². The highest BCUT2D eigenvalue weighted by molar-refractivity contribution is 5.95. The van der Waals surface area contributed by atoms with Gasteiger partial charge in [0.05, 0.1) is 6.61 Å². The number of aliphatic hydroxyl groups is 1. The molecular weight excluding hydrogens is 240 g/mol. The Morgan fingerprint density at radius 1 is 1.11 bits per heavy atom. The molecule has 0 radical (unpaired) electrons. The van der Waals surface area contributed by atoms with Gasteiger partial charge in [0.25, 0.3) is 0 Å². The predicted molar refractivity (Wildman–Crippen MR) is 62.4 cm³/mol. The summed E-state index contributed by atoms with van der Waals surface area (Å²) in [5.74, 6) is -1.79. The van der Waals surface area contributed by atoms with Gasteiger partial charge in [-0.1, -0.05) is 6.58 Å². The summed E-state index contributed by atoms with van der Waals surface area (Å²) in [6, 6.07) is 0. The monoisotopic (exact) mass is 258 g/mol. The molecule has 0 aliphatic heterocycles. The summed E-state index contributed by atoms with van der Waals surface area (Å²) < 4.78 is 9.08. The van der Waals surface area contributed by atoms with Crippen molar-refractivity contribution in [3.63, 3.8) is 0 Å². The third-order valence-corrected chi connectivity index (χ3v) is 1.92. The molecule has 0 saturated heterocycles. The summed E-state index contributed by atoms with van der Waals surface area (Å²) in [7, 11) is 0. The molecule has 0 aliphatic carbocycles. The predicted octanol–water partition coefficient (Wildman–Crippen LogP) is 0.728. The first-order chi connectivity index (χ1) is 8.47. The van der Waals surface area contributed by atoms with Crippen LogP contribution in [0.15, 0.2) is 12.2 Å². The fraction of sp³-hybridized carbons (Fsp3) is 0.583. The van der Waals surface area contributed by atoms with E-state index in [-0.39, 0.29) is 31.6 Å². The maximum atomic E-state index is 11.1. The zero-order valence-corrected chi connectivity index (χ0v) is 10.4. The first-order valence-electron chi connectivity index (χ1n) is 5.64. The van der Waals surface area contributed by atoms with E-state index in [2.05, 4.69) is 16.1 Å². The van der Waals surface area contributed by atoms with Gasteiger partial charge in [-0.05, 0) is 19.8 Å². The van der Waals surface area contributed by atoms with E-state index in [0.29, 0.717) is 12.8 Å². The molecule has 0 fully saturated rings. The molecule has 18 heavy (non-hydrogen) atoms. The number of ether oxygens (including phenoxy) is 2. The van der Waals surface area contributed by atoms with Crippen LogP contribution in [0, 0.1) is 0 Å². The van der Waals surface area contributed by atoms with Gasteiger partial charge in [-0.3, -0.25) is 9.59 Å². The molecule has 0 bridgehead atoms. The van der Waals surface area contributed by atoms with Crippen LogP contribution in [0.25, 0.3) is 0 Å². The number of hydrogen-bond donors (Lipinski definition) is 1. The van der Waals surface area contributed by atoms with Crippen molar-refractivity contribution in [1.29, 1.82) is 0 Å². The van der Waals surface area contributed by atoms with E-state index in [1.54, 1.807) is 0 Å². The van der Waals surface area contributed by atoms with Crippen molar-refractivity contribution < 1.29 is 29.0 Å². The van der Waals surface area contributed by atoms with Crippen LogP contribution in [0.3, 0.4) is 0 Å². The second kappa shape index (κ2) is 9.35. The van der Waals surface area contributed by atoms with Gasteiger partial charge in [0.2, 0.25) is 0 Å². The average Bonchev–Trinajstić information content (AvgIpc) is 2.31. The Balaban J connectivity index is 3.60. The molecule has 0 aliphatic rings. The second-order valence-electron chi connectivity index (χ2n) is 3.69. The molecule has 0 heterocycles. The van der Waals surface area contributed by atoms with Crippen LogP contribution in [0.5, 0.6) is 0 Å². The lowest BCUT2D eigenvalue weighted by atomic mass is 10.2. The normalized spacial score (nSPS) is 9.67. The van der Waals surface area contributed by atoms with Crippen LogP contribution in [-0.2, 0) is 23.9 Å². The first kappa shape index (κ1) is 16.3. The Labute approximate surface area is 106 Å². The van der Waals surface area contributed by atoms with Gasteiger partial charge in [0.1, 0.15) is 6.61 Å². The number of rotatable bonds is 8. The number of esters is 3. The number of carbonyl (C=O) groups excluding carboxylic acids is 3. The van der Waals surface area contributed by atoms with Gasteiger partial charge in [-0.2, -0.15) is 0 Å². The fourth-order valence-corrected chi connectivity index (χ4v) is 1.01. The number of hydrogen-bond acceptors (Lipinski definition) is 6. The van der Waals surface area contributed by atoms with E-state index >= 15 is 0 Å². The van der Waals surface area contributed by atoms with Crippen LogP contribution < -0.4 is 0 Å². The summed E-state index contributed by atoms with van der Waals surface area (Å²) >= 11 is 0.